The third kappa shape index (κ3) is 4.43. The van der Waals surface area contributed by atoms with Gasteiger partial charge in [0.2, 0.25) is 0 Å². The van der Waals surface area contributed by atoms with Crippen molar-refractivity contribution < 1.29 is 22.7 Å². The van der Waals surface area contributed by atoms with Gasteiger partial charge in [0.1, 0.15) is 5.15 Å². The lowest BCUT2D eigenvalue weighted by atomic mass is 10.2. The molecule has 0 unspecified atom stereocenters. The van der Waals surface area contributed by atoms with Gasteiger partial charge in [-0.15, -0.1) is 0 Å². The fourth-order valence-corrected chi connectivity index (χ4v) is 4.85. The van der Waals surface area contributed by atoms with E-state index in [0.717, 1.165) is 12.8 Å². The maximum absolute atomic E-state index is 12.5. The van der Waals surface area contributed by atoms with Gasteiger partial charge in [-0.3, -0.25) is 4.79 Å². The van der Waals surface area contributed by atoms with Gasteiger partial charge in [-0.1, -0.05) is 23.2 Å². The van der Waals surface area contributed by atoms with E-state index in [1.165, 1.54) is 12.3 Å². The van der Waals surface area contributed by atoms with Crippen molar-refractivity contribution in [1.29, 1.82) is 0 Å². The Balaban J connectivity index is 1.62. The number of carbonyl (C=O) groups excluding carboxylic acids is 2. The highest BCUT2D eigenvalue weighted by Crippen LogP contribution is 2.32. The molecule has 1 aromatic rings. The van der Waals surface area contributed by atoms with Crippen LogP contribution in [0.4, 0.5) is 0 Å². The van der Waals surface area contributed by atoms with E-state index in [9.17, 15) is 18.0 Å². The number of halogens is 2. The molecule has 1 atom stereocenters. The number of ether oxygens (including phenoxy) is 1. The van der Waals surface area contributed by atoms with Crippen LogP contribution in [0.3, 0.4) is 0 Å². The number of hydrogen-bond donors (Lipinski definition) is 0. The molecule has 0 bridgehead atoms. The van der Waals surface area contributed by atoms with Gasteiger partial charge >= 0.3 is 5.97 Å². The van der Waals surface area contributed by atoms with Crippen molar-refractivity contribution >= 4 is 44.9 Å². The minimum Gasteiger partial charge on any atom is -0.452 e. The SMILES string of the molecule is O=C(OCC(=O)N(C1CC1)[C@@H]1CCS(=O)(=O)C1)c1cnc(Cl)c(Cl)c1. The minimum atomic E-state index is -3.10. The van der Waals surface area contributed by atoms with E-state index in [0.29, 0.717) is 6.42 Å². The number of pyridine rings is 1. The number of nitrogens with zero attached hydrogens (tertiary/aromatic N) is 2. The summed E-state index contributed by atoms with van der Waals surface area (Å²) in [6, 6.07) is 1.01. The molecular formula is C15H16Cl2N2O5S. The van der Waals surface area contributed by atoms with Crippen molar-refractivity contribution in [1.82, 2.24) is 9.88 Å². The molecule has 3 rings (SSSR count). The maximum atomic E-state index is 12.5. The summed E-state index contributed by atoms with van der Waals surface area (Å²) >= 11 is 11.5. The van der Waals surface area contributed by atoms with Crippen molar-refractivity contribution in [2.24, 2.45) is 0 Å². The summed E-state index contributed by atoms with van der Waals surface area (Å²) in [6.45, 7) is -0.452. The molecule has 2 fully saturated rings. The van der Waals surface area contributed by atoms with E-state index in [1.807, 2.05) is 0 Å². The van der Waals surface area contributed by atoms with Gasteiger partial charge in [0.05, 0.1) is 22.1 Å². The molecule has 0 radical (unpaired) electrons. The largest absolute Gasteiger partial charge is 0.452 e. The second kappa shape index (κ2) is 7.09. The molecule has 0 N–H and O–H groups in total. The molecule has 7 nitrogen and oxygen atoms in total. The van der Waals surface area contributed by atoms with Crippen LogP contribution < -0.4 is 0 Å². The second-order valence-corrected chi connectivity index (χ2v) is 9.16. The van der Waals surface area contributed by atoms with Gasteiger partial charge in [0, 0.05) is 18.3 Å². The fraction of sp³-hybridized carbons (Fsp3) is 0.533. The van der Waals surface area contributed by atoms with Gasteiger partial charge in [-0.2, -0.15) is 0 Å². The van der Waals surface area contributed by atoms with Crippen molar-refractivity contribution in [3.05, 3.63) is 28.0 Å². The third-order valence-corrected chi connectivity index (χ3v) is 6.63. The van der Waals surface area contributed by atoms with E-state index < -0.39 is 22.4 Å². The number of hydrogen-bond acceptors (Lipinski definition) is 6. The van der Waals surface area contributed by atoms with E-state index >= 15 is 0 Å². The molecule has 25 heavy (non-hydrogen) atoms. The van der Waals surface area contributed by atoms with Crippen molar-refractivity contribution in [3.8, 4) is 0 Å². The van der Waals surface area contributed by atoms with Crippen LogP contribution in [-0.2, 0) is 19.4 Å². The van der Waals surface area contributed by atoms with Crippen molar-refractivity contribution in [3.63, 3.8) is 0 Å². The summed E-state index contributed by atoms with van der Waals surface area (Å²) in [5.41, 5.74) is 0.0867. The molecule has 2 heterocycles. The predicted octanol–water partition coefficient (Wildman–Crippen LogP) is 1.72. The molecule has 1 amide bonds. The highest BCUT2D eigenvalue weighted by atomic mass is 35.5. The topological polar surface area (TPSA) is 93.6 Å². The molecule has 2 aliphatic rings. The van der Waals surface area contributed by atoms with E-state index in [4.69, 9.17) is 27.9 Å². The molecule has 1 aromatic heterocycles. The lowest BCUT2D eigenvalue weighted by Gasteiger charge is -2.28. The van der Waals surface area contributed by atoms with E-state index in [1.54, 1.807) is 4.90 Å². The maximum Gasteiger partial charge on any atom is 0.340 e. The molecule has 1 aliphatic carbocycles. The number of esters is 1. The van der Waals surface area contributed by atoms with Crippen molar-refractivity contribution in [2.75, 3.05) is 18.1 Å². The number of carbonyl (C=O) groups is 2. The smallest absolute Gasteiger partial charge is 0.340 e. The third-order valence-electron chi connectivity index (χ3n) is 4.19. The number of rotatable bonds is 5. The predicted molar refractivity (Wildman–Crippen MR) is 91.5 cm³/mol. The highest BCUT2D eigenvalue weighted by molar-refractivity contribution is 7.91. The minimum absolute atomic E-state index is 0.0279. The Hall–Kier alpha value is -1.38. The van der Waals surface area contributed by atoms with Gasteiger partial charge in [0.15, 0.2) is 16.4 Å². The Kier molecular flexibility index (Phi) is 5.22. The van der Waals surface area contributed by atoms with Crippen LogP contribution in [0.1, 0.15) is 29.6 Å². The number of amides is 1. The molecular weight excluding hydrogens is 391 g/mol. The average Bonchev–Trinajstić information content (AvgIpc) is 3.31. The van der Waals surface area contributed by atoms with Crippen LogP contribution in [0, 0.1) is 0 Å². The summed E-state index contributed by atoms with van der Waals surface area (Å²) in [5, 5.41) is 0.176. The van der Waals surface area contributed by atoms with Crippen LogP contribution >= 0.6 is 23.2 Å². The summed E-state index contributed by atoms with van der Waals surface area (Å²) in [5.74, 6) is -1.07. The molecule has 10 heteroatoms. The average molecular weight is 407 g/mol. The van der Waals surface area contributed by atoms with Gasteiger partial charge < -0.3 is 9.64 Å². The Morgan fingerprint density at radius 1 is 1.24 bits per heavy atom. The first kappa shape index (κ1) is 18.4. The Bertz CT molecular complexity index is 810. The quantitative estimate of drug-likeness (QED) is 0.545. The number of sulfone groups is 1. The normalized spacial score (nSPS) is 21.8. The summed E-state index contributed by atoms with van der Waals surface area (Å²) in [4.78, 5) is 29.8. The molecule has 1 saturated carbocycles. The van der Waals surface area contributed by atoms with Crippen molar-refractivity contribution in [2.45, 2.75) is 31.3 Å². The lowest BCUT2D eigenvalue weighted by Crippen LogP contribution is -2.44. The monoisotopic (exact) mass is 406 g/mol. The van der Waals surface area contributed by atoms with Crippen LogP contribution in [0.25, 0.3) is 0 Å². The van der Waals surface area contributed by atoms with Crippen LogP contribution in [-0.4, -0.2) is 60.4 Å². The zero-order valence-electron chi connectivity index (χ0n) is 13.2. The van der Waals surface area contributed by atoms with Crippen LogP contribution in [0.5, 0.6) is 0 Å². The molecule has 0 spiro atoms. The standard InChI is InChI=1S/C15H16Cl2N2O5S/c16-12-5-9(6-18-14(12)17)15(21)24-7-13(20)19(10-1-2-10)11-3-4-25(22,23)8-11/h5-6,10-11H,1-4,7-8H2/t11-/m1/s1. The lowest BCUT2D eigenvalue weighted by molar-refractivity contribution is -0.137. The second-order valence-electron chi connectivity index (χ2n) is 6.16. The summed E-state index contributed by atoms with van der Waals surface area (Å²) < 4.78 is 28.4. The van der Waals surface area contributed by atoms with E-state index in [2.05, 4.69) is 4.98 Å². The first-order valence-electron chi connectivity index (χ1n) is 7.76. The highest BCUT2D eigenvalue weighted by Gasteiger charge is 2.42. The molecule has 1 aliphatic heterocycles. The summed E-state index contributed by atoms with van der Waals surface area (Å²) in [6.07, 6.45) is 3.32. The number of aromatic nitrogens is 1. The molecule has 136 valence electrons. The summed E-state index contributed by atoms with van der Waals surface area (Å²) in [7, 11) is -3.10. The van der Waals surface area contributed by atoms with Gasteiger partial charge in [0.25, 0.3) is 5.91 Å². The molecule has 0 aromatic carbocycles. The Labute approximate surface area is 155 Å². The zero-order valence-corrected chi connectivity index (χ0v) is 15.5. The van der Waals surface area contributed by atoms with Crippen LogP contribution in [0.15, 0.2) is 12.3 Å². The van der Waals surface area contributed by atoms with E-state index in [-0.39, 0.29) is 45.2 Å². The van der Waals surface area contributed by atoms with Gasteiger partial charge in [-0.05, 0) is 25.3 Å². The molecule has 1 saturated heterocycles. The Morgan fingerprint density at radius 2 is 1.96 bits per heavy atom. The first-order valence-corrected chi connectivity index (χ1v) is 10.3. The van der Waals surface area contributed by atoms with Crippen LogP contribution in [0.2, 0.25) is 10.2 Å². The Morgan fingerprint density at radius 3 is 2.52 bits per heavy atom. The fourth-order valence-electron chi connectivity index (χ4n) is 2.87. The zero-order chi connectivity index (χ0) is 18.2. The first-order chi connectivity index (χ1) is 11.8. The van der Waals surface area contributed by atoms with Gasteiger partial charge in [-0.25, -0.2) is 18.2 Å².